The molecule has 3 rings (SSSR count). The van der Waals surface area contributed by atoms with Crippen LogP contribution in [0.25, 0.3) is 0 Å². The lowest BCUT2D eigenvalue weighted by Crippen LogP contribution is -2.37. The lowest BCUT2D eigenvalue weighted by Gasteiger charge is -2.34. The number of thiophene rings is 1. The molecular weight excluding hydrogens is 295 g/mol. The Morgan fingerprint density at radius 1 is 1.40 bits per heavy atom. The molecule has 1 unspecified atom stereocenters. The van der Waals surface area contributed by atoms with E-state index in [-0.39, 0.29) is 11.9 Å². The zero-order valence-corrected chi connectivity index (χ0v) is 12.6. The Labute approximate surface area is 127 Å². The van der Waals surface area contributed by atoms with E-state index in [1.165, 1.54) is 22.6 Å². The summed E-state index contributed by atoms with van der Waals surface area (Å²) < 4.78 is 13.5. The van der Waals surface area contributed by atoms with Gasteiger partial charge in [-0.15, -0.1) is 11.3 Å². The van der Waals surface area contributed by atoms with Gasteiger partial charge in [-0.25, -0.2) is 4.39 Å². The maximum Gasteiger partial charge on any atom is 0.125 e. The fourth-order valence-corrected chi connectivity index (χ4v) is 3.92. The molecule has 2 heterocycles. The van der Waals surface area contributed by atoms with Crippen molar-refractivity contribution < 1.29 is 4.39 Å². The van der Waals surface area contributed by atoms with Crippen LogP contribution in [0.15, 0.2) is 29.6 Å². The molecule has 0 fully saturated rings. The van der Waals surface area contributed by atoms with Crippen LogP contribution in [0.2, 0.25) is 5.02 Å². The second-order valence-electron chi connectivity index (χ2n) is 5.04. The summed E-state index contributed by atoms with van der Waals surface area (Å²) in [4.78, 5) is 3.76. The molecule has 5 heteroatoms. The summed E-state index contributed by atoms with van der Waals surface area (Å²) >= 11 is 7.76. The molecule has 0 spiro atoms. The van der Waals surface area contributed by atoms with Crippen molar-refractivity contribution >= 4 is 22.9 Å². The fourth-order valence-electron chi connectivity index (χ4n) is 2.80. The number of halogens is 2. The van der Waals surface area contributed by atoms with Crippen LogP contribution in [0.1, 0.15) is 22.0 Å². The number of rotatable bonds is 3. The summed E-state index contributed by atoms with van der Waals surface area (Å²) in [6.07, 6.45) is 1.03. The fraction of sp³-hybridized carbons (Fsp3) is 0.333. The highest BCUT2D eigenvalue weighted by atomic mass is 35.5. The molecule has 20 heavy (non-hydrogen) atoms. The summed E-state index contributed by atoms with van der Waals surface area (Å²) in [6, 6.07) is 6.85. The van der Waals surface area contributed by atoms with E-state index in [9.17, 15) is 4.39 Å². The number of nitrogens with two attached hydrogens (primary N) is 1. The van der Waals surface area contributed by atoms with Crippen molar-refractivity contribution in [3.63, 3.8) is 0 Å². The SMILES string of the molecule is NCC(c1cc(F)cc(Cl)c1)N1CCc2sccc2C1. The molecule has 0 saturated carbocycles. The number of benzene rings is 1. The Kier molecular flexibility index (Phi) is 4.08. The quantitative estimate of drug-likeness (QED) is 0.938. The van der Waals surface area contributed by atoms with E-state index >= 15 is 0 Å². The van der Waals surface area contributed by atoms with Crippen LogP contribution in [-0.2, 0) is 13.0 Å². The summed E-state index contributed by atoms with van der Waals surface area (Å²) in [5.74, 6) is -0.306. The third-order valence-electron chi connectivity index (χ3n) is 3.77. The molecule has 0 amide bonds. The molecule has 1 aromatic carbocycles. The third kappa shape index (κ3) is 2.74. The minimum Gasteiger partial charge on any atom is -0.329 e. The molecule has 1 aromatic heterocycles. The average molecular weight is 311 g/mol. The summed E-state index contributed by atoms with van der Waals surface area (Å²) in [5.41, 5.74) is 8.15. The standard InChI is InChI=1S/C15H16ClFN2S/c16-12-5-11(6-13(17)7-12)14(8-18)19-3-1-15-10(9-19)2-4-20-15/h2,4-7,14H,1,3,8-9,18H2. The van der Waals surface area contributed by atoms with E-state index in [2.05, 4.69) is 16.3 Å². The second-order valence-corrected chi connectivity index (χ2v) is 6.48. The molecule has 0 bridgehead atoms. The van der Waals surface area contributed by atoms with Gasteiger partial charge in [-0.3, -0.25) is 4.90 Å². The zero-order valence-electron chi connectivity index (χ0n) is 11.0. The van der Waals surface area contributed by atoms with E-state index in [0.29, 0.717) is 11.6 Å². The number of hydrogen-bond donors (Lipinski definition) is 1. The summed E-state index contributed by atoms with van der Waals surface area (Å²) in [7, 11) is 0. The summed E-state index contributed by atoms with van der Waals surface area (Å²) in [5, 5.41) is 2.55. The Bertz CT molecular complexity index is 593. The Morgan fingerprint density at radius 2 is 2.25 bits per heavy atom. The van der Waals surface area contributed by atoms with Gasteiger partial charge in [0.2, 0.25) is 0 Å². The van der Waals surface area contributed by atoms with Crippen LogP contribution >= 0.6 is 22.9 Å². The zero-order chi connectivity index (χ0) is 14.1. The molecule has 2 N–H and O–H groups in total. The van der Waals surface area contributed by atoms with Gasteiger partial charge in [0.05, 0.1) is 0 Å². The average Bonchev–Trinajstić information content (AvgIpc) is 2.86. The van der Waals surface area contributed by atoms with Gasteiger partial charge >= 0.3 is 0 Å². The smallest absolute Gasteiger partial charge is 0.125 e. The van der Waals surface area contributed by atoms with E-state index in [1.807, 2.05) is 17.4 Å². The van der Waals surface area contributed by atoms with Gasteiger partial charge in [0, 0.05) is 35.6 Å². The first-order valence-corrected chi connectivity index (χ1v) is 7.88. The van der Waals surface area contributed by atoms with Crippen molar-refractivity contribution in [2.24, 2.45) is 5.73 Å². The molecule has 0 radical (unpaired) electrons. The van der Waals surface area contributed by atoms with Crippen molar-refractivity contribution in [2.45, 2.75) is 19.0 Å². The molecule has 2 nitrogen and oxygen atoms in total. The number of nitrogens with zero attached hydrogens (tertiary/aromatic N) is 1. The molecule has 0 saturated heterocycles. The highest BCUT2D eigenvalue weighted by Crippen LogP contribution is 2.31. The van der Waals surface area contributed by atoms with E-state index in [0.717, 1.165) is 25.1 Å². The lowest BCUT2D eigenvalue weighted by molar-refractivity contribution is 0.185. The lowest BCUT2D eigenvalue weighted by atomic mass is 10.0. The summed E-state index contributed by atoms with van der Waals surface area (Å²) in [6.45, 7) is 2.28. The molecule has 1 atom stereocenters. The Morgan fingerprint density at radius 3 is 3.00 bits per heavy atom. The second kappa shape index (κ2) is 5.82. The molecule has 1 aliphatic heterocycles. The predicted octanol–water partition coefficient (Wildman–Crippen LogP) is 3.60. The van der Waals surface area contributed by atoms with Crippen molar-refractivity contribution in [3.8, 4) is 0 Å². The number of hydrogen-bond acceptors (Lipinski definition) is 3. The highest BCUT2D eigenvalue weighted by Gasteiger charge is 2.25. The molecule has 106 valence electrons. The van der Waals surface area contributed by atoms with Gasteiger partial charge < -0.3 is 5.73 Å². The van der Waals surface area contributed by atoms with Crippen LogP contribution in [-0.4, -0.2) is 18.0 Å². The van der Waals surface area contributed by atoms with Crippen LogP contribution in [0, 0.1) is 5.82 Å². The van der Waals surface area contributed by atoms with Crippen LogP contribution in [0.5, 0.6) is 0 Å². The van der Waals surface area contributed by atoms with E-state index in [1.54, 1.807) is 0 Å². The van der Waals surface area contributed by atoms with Gasteiger partial charge in [0.1, 0.15) is 5.82 Å². The van der Waals surface area contributed by atoms with E-state index < -0.39 is 0 Å². The monoisotopic (exact) mass is 310 g/mol. The first-order valence-electron chi connectivity index (χ1n) is 6.62. The largest absolute Gasteiger partial charge is 0.329 e. The minimum absolute atomic E-state index is 0.0104. The van der Waals surface area contributed by atoms with Crippen LogP contribution in [0.4, 0.5) is 4.39 Å². The predicted molar refractivity (Wildman–Crippen MR) is 81.6 cm³/mol. The van der Waals surface area contributed by atoms with Gasteiger partial charge in [0.15, 0.2) is 0 Å². The first kappa shape index (κ1) is 14.0. The van der Waals surface area contributed by atoms with Gasteiger partial charge in [0.25, 0.3) is 0 Å². The van der Waals surface area contributed by atoms with Gasteiger partial charge in [-0.1, -0.05) is 11.6 Å². The number of fused-ring (bicyclic) bond motifs is 1. The molecule has 2 aromatic rings. The molecule has 1 aliphatic rings. The maximum absolute atomic E-state index is 13.5. The van der Waals surface area contributed by atoms with Crippen molar-refractivity contribution in [2.75, 3.05) is 13.1 Å². The van der Waals surface area contributed by atoms with E-state index in [4.69, 9.17) is 17.3 Å². The highest BCUT2D eigenvalue weighted by molar-refractivity contribution is 7.10. The Hall–Kier alpha value is -0.940. The minimum atomic E-state index is -0.306. The van der Waals surface area contributed by atoms with Gasteiger partial charge in [-0.05, 0) is 47.2 Å². The first-order chi connectivity index (χ1) is 9.67. The third-order valence-corrected chi connectivity index (χ3v) is 5.01. The van der Waals surface area contributed by atoms with Crippen LogP contribution in [0.3, 0.4) is 0 Å². The molecular formula is C15H16ClFN2S. The van der Waals surface area contributed by atoms with Crippen molar-refractivity contribution in [1.29, 1.82) is 0 Å². The maximum atomic E-state index is 13.5. The normalized spacial score (nSPS) is 16.9. The van der Waals surface area contributed by atoms with Crippen molar-refractivity contribution in [1.82, 2.24) is 4.90 Å². The Balaban J connectivity index is 1.87. The topological polar surface area (TPSA) is 29.3 Å². The van der Waals surface area contributed by atoms with Crippen LogP contribution < -0.4 is 5.73 Å². The van der Waals surface area contributed by atoms with Gasteiger partial charge in [-0.2, -0.15) is 0 Å². The van der Waals surface area contributed by atoms with Crippen molar-refractivity contribution in [3.05, 3.63) is 56.5 Å². The molecule has 0 aliphatic carbocycles.